The molecule has 0 spiro atoms. The maximum atomic E-state index is 13.1. The van der Waals surface area contributed by atoms with Crippen LogP contribution in [0.2, 0.25) is 0 Å². The number of carbonyl (C=O) groups excluding carboxylic acids is 1. The third-order valence-corrected chi connectivity index (χ3v) is 5.44. The molecule has 3 heteroatoms. The van der Waals surface area contributed by atoms with Crippen molar-refractivity contribution in [2.24, 2.45) is 0 Å². The first-order valence-electron chi connectivity index (χ1n) is 8.89. The van der Waals surface area contributed by atoms with Crippen molar-refractivity contribution in [1.29, 1.82) is 0 Å². The molecule has 1 amide bonds. The fourth-order valence-electron chi connectivity index (χ4n) is 4.31. The minimum atomic E-state index is -1.24. The average molecular weight is 321 g/mol. The van der Waals surface area contributed by atoms with Gasteiger partial charge in [-0.3, -0.25) is 4.79 Å². The minimum absolute atomic E-state index is 0.0177. The van der Waals surface area contributed by atoms with Gasteiger partial charge in [0.1, 0.15) is 0 Å². The maximum Gasteiger partial charge on any atom is 0.257 e. The number of hydrogen-bond acceptors (Lipinski definition) is 2. The summed E-state index contributed by atoms with van der Waals surface area (Å²) in [7, 11) is 0. The van der Waals surface area contributed by atoms with Crippen LogP contribution < -0.4 is 0 Å². The number of hydrogen-bond donors (Lipinski definition) is 1. The van der Waals surface area contributed by atoms with Gasteiger partial charge in [-0.15, -0.1) is 0 Å². The Kier molecular flexibility index (Phi) is 3.89. The van der Waals surface area contributed by atoms with E-state index in [9.17, 15) is 9.90 Å². The molecule has 1 saturated carbocycles. The lowest BCUT2D eigenvalue weighted by Gasteiger charge is -2.41. The second-order valence-corrected chi connectivity index (χ2v) is 6.99. The molecule has 0 aromatic heterocycles. The molecule has 3 nitrogen and oxygen atoms in total. The van der Waals surface area contributed by atoms with Gasteiger partial charge in [0.2, 0.25) is 0 Å². The van der Waals surface area contributed by atoms with Crippen LogP contribution in [-0.2, 0) is 12.1 Å². The summed E-state index contributed by atoms with van der Waals surface area (Å²) in [5.41, 5.74) is 1.22. The van der Waals surface area contributed by atoms with Crippen LogP contribution in [0.1, 0.15) is 53.6 Å². The second-order valence-electron chi connectivity index (χ2n) is 6.99. The van der Waals surface area contributed by atoms with Crippen LogP contribution in [0.4, 0.5) is 0 Å². The summed E-state index contributed by atoms with van der Waals surface area (Å²) in [6.07, 6.45) is 5.89. The fourth-order valence-corrected chi connectivity index (χ4v) is 4.31. The molecular formula is C21H23NO2. The lowest BCUT2D eigenvalue weighted by Crippen LogP contribution is -2.51. The molecule has 2 aliphatic rings. The lowest BCUT2D eigenvalue weighted by molar-refractivity contribution is -0.107. The highest BCUT2D eigenvalue weighted by molar-refractivity contribution is 6.00. The van der Waals surface area contributed by atoms with Gasteiger partial charge in [-0.1, -0.05) is 67.8 Å². The Bertz CT molecular complexity index is 737. The molecule has 1 aliphatic carbocycles. The molecule has 1 fully saturated rings. The Labute approximate surface area is 142 Å². The van der Waals surface area contributed by atoms with Crippen molar-refractivity contribution >= 4 is 5.91 Å². The van der Waals surface area contributed by atoms with E-state index in [1.165, 1.54) is 6.42 Å². The van der Waals surface area contributed by atoms with Crippen LogP contribution in [0.3, 0.4) is 0 Å². The molecule has 1 N–H and O–H groups in total. The smallest absolute Gasteiger partial charge is 0.257 e. The van der Waals surface area contributed by atoms with Crippen LogP contribution in [0.25, 0.3) is 0 Å². The predicted molar refractivity (Wildman–Crippen MR) is 93.5 cm³/mol. The third-order valence-electron chi connectivity index (χ3n) is 5.44. The number of amides is 1. The second kappa shape index (κ2) is 6.06. The predicted octanol–water partition coefficient (Wildman–Crippen LogP) is 3.86. The van der Waals surface area contributed by atoms with E-state index >= 15 is 0 Å². The first kappa shape index (κ1) is 15.4. The Hall–Kier alpha value is -2.13. The molecule has 4 rings (SSSR count). The molecule has 1 atom stereocenters. The number of aliphatic hydroxyl groups is 1. The summed E-state index contributed by atoms with van der Waals surface area (Å²) in [5, 5.41) is 11.7. The first-order chi connectivity index (χ1) is 11.7. The van der Waals surface area contributed by atoms with E-state index in [-0.39, 0.29) is 11.9 Å². The quantitative estimate of drug-likeness (QED) is 0.932. The Morgan fingerprint density at radius 1 is 0.958 bits per heavy atom. The van der Waals surface area contributed by atoms with E-state index in [1.54, 1.807) is 4.90 Å². The average Bonchev–Trinajstić information content (AvgIpc) is 2.84. The van der Waals surface area contributed by atoms with Gasteiger partial charge >= 0.3 is 0 Å². The van der Waals surface area contributed by atoms with Gasteiger partial charge in [0.25, 0.3) is 5.91 Å². The summed E-state index contributed by atoms with van der Waals surface area (Å²) < 4.78 is 0. The highest BCUT2D eigenvalue weighted by Gasteiger charge is 2.51. The normalized spacial score (nSPS) is 24.2. The molecule has 24 heavy (non-hydrogen) atoms. The van der Waals surface area contributed by atoms with Crippen LogP contribution in [-0.4, -0.2) is 22.0 Å². The molecule has 0 unspecified atom stereocenters. The van der Waals surface area contributed by atoms with Crippen molar-refractivity contribution in [2.45, 2.75) is 50.3 Å². The topological polar surface area (TPSA) is 40.5 Å². The van der Waals surface area contributed by atoms with E-state index in [1.807, 2.05) is 54.6 Å². The van der Waals surface area contributed by atoms with Gasteiger partial charge in [0.05, 0.1) is 0 Å². The van der Waals surface area contributed by atoms with E-state index in [0.717, 1.165) is 36.8 Å². The number of fused-ring (bicyclic) bond motifs is 1. The van der Waals surface area contributed by atoms with Crippen LogP contribution in [0.15, 0.2) is 54.6 Å². The monoisotopic (exact) mass is 321 g/mol. The zero-order chi connectivity index (χ0) is 16.6. The zero-order valence-electron chi connectivity index (χ0n) is 13.8. The summed E-state index contributed by atoms with van der Waals surface area (Å²) in [4.78, 5) is 14.8. The van der Waals surface area contributed by atoms with E-state index in [4.69, 9.17) is 0 Å². The SMILES string of the molecule is O=C1c2ccccc2[C@@](O)(Cc2ccccc2)N1C1CCCCC1. The fraction of sp³-hybridized carbons (Fsp3) is 0.381. The van der Waals surface area contributed by atoms with Gasteiger partial charge in [-0.05, 0) is 24.5 Å². The molecule has 1 heterocycles. The van der Waals surface area contributed by atoms with Crippen molar-refractivity contribution in [3.8, 4) is 0 Å². The number of benzene rings is 2. The summed E-state index contributed by atoms with van der Waals surface area (Å²) in [6.45, 7) is 0. The summed E-state index contributed by atoms with van der Waals surface area (Å²) >= 11 is 0. The molecule has 0 radical (unpaired) electrons. The Balaban J connectivity index is 1.78. The number of rotatable bonds is 3. The third kappa shape index (κ3) is 2.44. The molecule has 2 aromatic rings. The Morgan fingerprint density at radius 3 is 2.38 bits per heavy atom. The summed E-state index contributed by atoms with van der Waals surface area (Å²) in [5.74, 6) is -0.0177. The largest absolute Gasteiger partial charge is 0.366 e. The molecule has 124 valence electrons. The van der Waals surface area contributed by atoms with E-state index in [0.29, 0.717) is 12.0 Å². The van der Waals surface area contributed by atoms with E-state index in [2.05, 4.69) is 0 Å². The maximum absolute atomic E-state index is 13.1. The standard InChI is InChI=1S/C21H23NO2/c23-20-18-13-7-8-14-19(18)21(24,15-16-9-3-1-4-10-16)22(20)17-11-5-2-6-12-17/h1,3-4,7-10,13-14,17,24H,2,5-6,11-12,15H2/t21-/m0/s1. The minimum Gasteiger partial charge on any atom is -0.366 e. The van der Waals surface area contributed by atoms with Gasteiger partial charge in [0, 0.05) is 23.6 Å². The first-order valence-corrected chi connectivity index (χ1v) is 8.89. The van der Waals surface area contributed by atoms with Crippen LogP contribution in [0, 0.1) is 0 Å². The Morgan fingerprint density at radius 2 is 1.62 bits per heavy atom. The molecule has 0 saturated heterocycles. The highest BCUT2D eigenvalue weighted by atomic mass is 16.3. The van der Waals surface area contributed by atoms with Gasteiger partial charge in [0.15, 0.2) is 5.72 Å². The van der Waals surface area contributed by atoms with Crippen LogP contribution >= 0.6 is 0 Å². The van der Waals surface area contributed by atoms with Gasteiger partial charge in [-0.2, -0.15) is 0 Å². The van der Waals surface area contributed by atoms with Crippen LogP contribution in [0.5, 0.6) is 0 Å². The zero-order valence-corrected chi connectivity index (χ0v) is 13.8. The van der Waals surface area contributed by atoms with E-state index < -0.39 is 5.72 Å². The molecule has 2 aromatic carbocycles. The molecular weight excluding hydrogens is 298 g/mol. The lowest BCUT2D eigenvalue weighted by atomic mass is 9.90. The van der Waals surface area contributed by atoms with Crippen molar-refractivity contribution in [2.75, 3.05) is 0 Å². The highest BCUT2D eigenvalue weighted by Crippen LogP contribution is 2.43. The van der Waals surface area contributed by atoms with Crippen molar-refractivity contribution in [3.05, 3.63) is 71.3 Å². The van der Waals surface area contributed by atoms with Crippen molar-refractivity contribution in [1.82, 2.24) is 4.90 Å². The van der Waals surface area contributed by atoms with Gasteiger partial charge in [-0.25, -0.2) is 0 Å². The summed E-state index contributed by atoms with van der Waals surface area (Å²) in [6, 6.07) is 17.6. The molecule has 1 aliphatic heterocycles. The number of carbonyl (C=O) groups is 1. The van der Waals surface area contributed by atoms with Crippen molar-refractivity contribution in [3.63, 3.8) is 0 Å². The molecule has 0 bridgehead atoms. The number of nitrogens with zero attached hydrogens (tertiary/aromatic N) is 1. The van der Waals surface area contributed by atoms with Crippen molar-refractivity contribution < 1.29 is 9.90 Å². The van der Waals surface area contributed by atoms with Gasteiger partial charge < -0.3 is 10.0 Å².